The molecule has 2 aromatic rings. The van der Waals surface area contributed by atoms with Gasteiger partial charge in [-0.1, -0.05) is 15.9 Å². The zero-order valence-electron chi connectivity index (χ0n) is 8.45. The van der Waals surface area contributed by atoms with E-state index in [1.54, 1.807) is 6.26 Å². The first kappa shape index (κ1) is 10.7. The molecule has 2 rings (SSSR count). The van der Waals surface area contributed by atoms with Gasteiger partial charge in [-0.2, -0.15) is 0 Å². The Morgan fingerprint density at radius 2 is 2.27 bits per heavy atom. The highest BCUT2D eigenvalue weighted by atomic mass is 79.9. The van der Waals surface area contributed by atoms with Gasteiger partial charge < -0.3 is 14.3 Å². The molecule has 1 N–H and O–H groups in total. The van der Waals surface area contributed by atoms with E-state index in [1.807, 2.05) is 19.1 Å². The van der Waals surface area contributed by atoms with E-state index in [4.69, 9.17) is 9.15 Å². The lowest BCUT2D eigenvalue weighted by Gasteiger charge is -2.14. The second-order valence-corrected chi connectivity index (χ2v) is 4.17. The van der Waals surface area contributed by atoms with Gasteiger partial charge in [-0.15, -0.1) is 0 Å². The molecule has 1 heterocycles. The molecule has 0 saturated heterocycles. The molecule has 0 saturated carbocycles. The summed E-state index contributed by atoms with van der Waals surface area (Å²) < 4.78 is 11.1. The maximum absolute atomic E-state index is 9.77. The first-order valence-corrected chi connectivity index (χ1v) is 5.31. The minimum Gasteiger partial charge on any atom is -0.464 e. The molecule has 0 radical (unpaired) electrons. The fourth-order valence-electron chi connectivity index (χ4n) is 1.65. The summed E-state index contributed by atoms with van der Waals surface area (Å²) in [6.07, 6.45) is 0.671. The van der Waals surface area contributed by atoms with Crippen LogP contribution in [-0.4, -0.2) is 12.2 Å². The lowest BCUT2D eigenvalue weighted by molar-refractivity contribution is -0.0763. The van der Waals surface area contributed by atoms with E-state index in [-0.39, 0.29) is 0 Å². The summed E-state index contributed by atoms with van der Waals surface area (Å²) >= 11 is 3.42. The predicted molar refractivity (Wildman–Crippen MR) is 60.6 cm³/mol. The SMILES string of the molecule is COC(O)c1c(C)c(Br)cc2occc12. The van der Waals surface area contributed by atoms with Crippen LogP contribution in [0.1, 0.15) is 17.4 Å². The Kier molecular flexibility index (Phi) is 2.82. The minimum atomic E-state index is -0.928. The molecule has 0 spiro atoms. The van der Waals surface area contributed by atoms with Crippen molar-refractivity contribution in [3.05, 3.63) is 34.0 Å². The third-order valence-corrected chi connectivity index (χ3v) is 3.30. The van der Waals surface area contributed by atoms with Crippen LogP contribution in [0.4, 0.5) is 0 Å². The molecular formula is C11H11BrO3. The van der Waals surface area contributed by atoms with Crippen molar-refractivity contribution in [2.75, 3.05) is 7.11 Å². The van der Waals surface area contributed by atoms with Gasteiger partial charge in [0, 0.05) is 22.5 Å². The Morgan fingerprint density at radius 3 is 2.93 bits per heavy atom. The van der Waals surface area contributed by atoms with E-state index in [2.05, 4.69) is 15.9 Å². The van der Waals surface area contributed by atoms with Crippen molar-refractivity contribution in [1.82, 2.24) is 0 Å². The third-order valence-electron chi connectivity index (χ3n) is 2.48. The van der Waals surface area contributed by atoms with Gasteiger partial charge >= 0.3 is 0 Å². The van der Waals surface area contributed by atoms with Gasteiger partial charge in [0.25, 0.3) is 0 Å². The molecule has 1 atom stereocenters. The Morgan fingerprint density at radius 1 is 1.53 bits per heavy atom. The molecule has 0 amide bonds. The molecule has 0 bridgehead atoms. The zero-order chi connectivity index (χ0) is 11.0. The number of hydrogen-bond acceptors (Lipinski definition) is 3. The fraction of sp³-hybridized carbons (Fsp3) is 0.273. The quantitative estimate of drug-likeness (QED) is 0.853. The van der Waals surface area contributed by atoms with Gasteiger partial charge in [0.2, 0.25) is 0 Å². The predicted octanol–water partition coefficient (Wildman–Crippen LogP) is 3.14. The smallest absolute Gasteiger partial charge is 0.181 e. The maximum Gasteiger partial charge on any atom is 0.181 e. The van der Waals surface area contributed by atoms with Crippen molar-refractivity contribution >= 4 is 26.9 Å². The lowest BCUT2D eigenvalue weighted by Crippen LogP contribution is -2.03. The molecule has 4 heteroatoms. The van der Waals surface area contributed by atoms with Crippen LogP contribution < -0.4 is 0 Å². The number of halogens is 1. The summed E-state index contributed by atoms with van der Waals surface area (Å²) in [6, 6.07) is 3.71. The highest BCUT2D eigenvalue weighted by Gasteiger charge is 2.17. The number of aliphatic hydroxyl groups excluding tert-OH is 1. The summed E-state index contributed by atoms with van der Waals surface area (Å²) in [7, 11) is 1.47. The molecule has 80 valence electrons. The Balaban J connectivity index is 2.77. The van der Waals surface area contributed by atoms with Crippen molar-refractivity contribution < 1.29 is 14.3 Å². The monoisotopic (exact) mass is 270 g/mol. The molecule has 1 aromatic carbocycles. The summed E-state index contributed by atoms with van der Waals surface area (Å²) in [6.45, 7) is 1.92. The van der Waals surface area contributed by atoms with E-state index in [0.717, 1.165) is 26.6 Å². The first-order valence-electron chi connectivity index (χ1n) is 4.52. The second-order valence-electron chi connectivity index (χ2n) is 3.32. The van der Waals surface area contributed by atoms with Crippen LogP contribution in [0.2, 0.25) is 0 Å². The largest absolute Gasteiger partial charge is 0.464 e. The Labute approximate surface area is 95.8 Å². The summed E-state index contributed by atoms with van der Waals surface area (Å²) in [5, 5.41) is 10.6. The number of furan rings is 1. The highest BCUT2D eigenvalue weighted by Crippen LogP contribution is 2.33. The van der Waals surface area contributed by atoms with E-state index >= 15 is 0 Å². The standard InChI is InChI=1S/C11H11BrO3/c1-6-8(12)5-9-7(3-4-15-9)10(6)11(13)14-2/h3-5,11,13H,1-2H3. The normalized spacial score (nSPS) is 13.3. The topological polar surface area (TPSA) is 42.6 Å². The van der Waals surface area contributed by atoms with Gasteiger partial charge in [-0.05, 0) is 24.6 Å². The van der Waals surface area contributed by atoms with Crippen LogP contribution in [-0.2, 0) is 4.74 Å². The van der Waals surface area contributed by atoms with E-state index in [1.165, 1.54) is 7.11 Å². The Bertz CT molecular complexity index is 490. The fourth-order valence-corrected chi connectivity index (χ4v) is 2.07. The van der Waals surface area contributed by atoms with Crippen LogP contribution in [0.15, 0.2) is 27.3 Å². The van der Waals surface area contributed by atoms with E-state index in [9.17, 15) is 5.11 Å². The van der Waals surface area contributed by atoms with Gasteiger partial charge in [-0.25, -0.2) is 0 Å². The molecule has 0 aliphatic carbocycles. The molecule has 1 aromatic heterocycles. The molecular weight excluding hydrogens is 260 g/mol. The summed E-state index contributed by atoms with van der Waals surface area (Å²) in [5.74, 6) is 0. The van der Waals surface area contributed by atoms with Crippen LogP contribution in [0.25, 0.3) is 11.0 Å². The molecule has 0 aliphatic heterocycles. The zero-order valence-corrected chi connectivity index (χ0v) is 10.0. The molecule has 3 nitrogen and oxygen atoms in total. The average molecular weight is 271 g/mol. The van der Waals surface area contributed by atoms with E-state index < -0.39 is 6.29 Å². The number of hydrogen-bond donors (Lipinski definition) is 1. The van der Waals surface area contributed by atoms with Crippen molar-refractivity contribution in [3.63, 3.8) is 0 Å². The average Bonchev–Trinajstić information content (AvgIpc) is 2.66. The Hall–Kier alpha value is -0.840. The van der Waals surface area contributed by atoms with Crippen LogP contribution in [0.3, 0.4) is 0 Å². The van der Waals surface area contributed by atoms with Gasteiger partial charge in [0.1, 0.15) is 5.58 Å². The number of ether oxygens (including phenoxy) is 1. The number of rotatable bonds is 2. The molecule has 0 fully saturated rings. The van der Waals surface area contributed by atoms with Crippen LogP contribution in [0, 0.1) is 6.92 Å². The second kappa shape index (κ2) is 3.96. The van der Waals surface area contributed by atoms with Crippen molar-refractivity contribution in [2.45, 2.75) is 13.2 Å². The molecule has 15 heavy (non-hydrogen) atoms. The highest BCUT2D eigenvalue weighted by molar-refractivity contribution is 9.10. The number of benzene rings is 1. The number of fused-ring (bicyclic) bond motifs is 1. The van der Waals surface area contributed by atoms with Crippen molar-refractivity contribution in [2.24, 2.45) is 0 Å². The molecule has 1 unspecified atom stereocenters. The van der Waals surface area contributed by atoms with Gasteiger partial charge in [-0.3, -0.25) is 0 Å². The van der Waals surface area contributed by atoms with Crippen molar-refractivity contribution in [1.29, 1.82) is 0 Å². The summed E-state index contributed by atoms with van der Waals surface area (Å²) in [4.78, 5) is 0. The van der Waals surface area contributed by atoms with Crippen LogP contribution >= 0.6 is 15.9 Å². The minimum absolute atomic E-state index is 0.735. The van der Waals surface area contributed by atoms with Gasteiger partial charge in [0.05, 0.1) is 6.26 Å². The summed E-state index contributed by atoms with van der Waals surface area (Å²) in [5.41, 5.74) is 2.44. The van der Waals surface area contributed by atoms with Gasteiger partial charge in [0.15, 0.2) is 6.29 Å². The van der Waals surface area contributed by atoms with Crippen LogP contribution in [0.5, 0.6) is 0 Å². The third kappa shape index (κ3) is 1.69. The first-order chi connectivity index (χ1) is 7.15. The van der Waals surface area contributed by atoms with Crippen molar-refractivity contribution in [3.8, 4) is 0 Å². The van der Waals surface area contributed by atoms with E-state index in [0.29, 0.717) is 0 Å². The maximum atomic E-state index is 9.77. The molecule has 0 aliphatic rings. The number of aliphatic hydroxyl groups is 1. The number of methoxy groups -OCH3 is 1. The lowest BCUT2D eigenvalue weighted by atomic mass is 10.0.